The van der Waals surface area contributed by atoms with Crippen LogP contribution in [0.3, 0.4) is 0 Å². The minimum atomic E-state index is -2.49. The van der Waals surface area contributed by atoms with Gasteiger partial charge in [-0.2, -0.15) is 5.10 Å². The summed E-state index contributed by atoms with van der Waals surface area (Å²) in [4.78, 5) is 0. The number of nitrogens with one attached hydrogen (secondary N) is 1. The molecule has 0 saturated heterocycles. The molecule has 0 spiro atoms. The van der Waals surface area contributed by atoms with Gasteiger partial charge in [0.2, 0.25) is 0 Å². The Morgan fingerprint density at radius 3 is 2.81 bits per heavy atom. The predicted octanol–water partition coefficient (Wildman–Crippen LogP) is 1.82. The van der Waals surface area contributed by atoms with Gasteiger partial charge in [-0.1, -0.05) is 0 Å². The lowest BCUT2D eigenvalue weighted by molar-refractivity contribution is 0.0961. The number of methoxy groups -OCH3 is 1. The van der Waals surface area contributed by atoms with Crippen LogP contribution < -0.4 is 5.32 Å². The summed E-state index contributed by atoms with van der Waals surface area (Å²) in [7, 11) is 3.05. The lowest BCUT2D eigenvalue weighted by atomic mass is 10.2. The van der Waals surface area contributed by atoms with E-state index in [0.717, 1.165) is 0 Å². The molecule has 0 bridgehead atoms. The van der Waals surface area contributed by atoms with Crippen molar-refractivity contribution in [2.75, 3.05) is 20.8 Å². The van der Waals surface area contributed by atoms with Crippen molar-refractivity contribution < 1.29 is 13.5 Å². The molecule has 1 N–H and O–H groups in total. The van der Waals surface area contributed by atoms with Crippen molar-refractivity contribution in [1.29, 1.82) is 0 Å². The van der Waals surface area contributed by atoms with Gasteiger partial charge in [-0.3, -0.25) is 4.68 Å². The van der Waals surface area contributed by atoms with Gasteiger partial charge in [-0.05, 0) is 23.0 Å². The summed E-state index contributed by atoms with van der Waals surface area (Å²) in [6.07, 6.45) is -0.975. The Bertz CT molecular complexity index is 333. The fourth-order valence-corrected chi connectivity index (χ4v) is 1.96. The average Bonchev–Trinajstić information content (AvgIpc) is 2.59. The van der Waals surface area contributed by atoms with E-state index < -0.39 is 12.5 Å². The molecule has 0 aromatic carbocycles. The summed E-state index contributed by atoms with van der Waals surface area (Å²) in [6.45, 7) is 0.878. The van der Waals surface area contributed by atoms with Crippen LogP contribution in [0.5, 0.6) is 0 Å². The van der Waals surface area contributed by atoms with Crippen LogP contribution in [0.2, 0.25) is 0 Å². The van der Waals surface area contributed by atoms with Crippen molar-refractivity contribution in [2.24, 2.45) is 0 Å². The maximum Gasteiger partial charge on any atom is 0.259 e. The van der Waals surface area contributed by atoms with Crippen molar-refractivity contribution >= 4 is 15.9 Å². The molecule has 0 radical (unpaired) electrons. The number of rotatable bonds is 6. The summed E-state index contributed by atoms with van der Waals surface area (Å²) in [5.41, 5.74) is 0.439. The lowest BCUT2D eigenvalue weighted by Crippen LogP contribution is -2.27. The third-order valence-corrected chi connectivity index (χ3v) is 2.81. The summed E-state index contributed by atoms with van der Waals surface area (Å²) in [6, 6.07) is -1.03. The first-order valence-electron chi connectivity index (χ1n) is 4.77. The maximum atomic E-state index is 12.8. The molecule has 0 fully saturated rings. The molecule has 7 heteroatoms. The van der Waals surface area contributed by atoms with Crippen LogP contribution in [0.4, 0.5) is 8.78 Å². The van der Waals surface area contributed by atoms with Crippen molar-refractivity contribution in [3.63, 3.8) is 0 Å². The molecule has 4 nitrogen and oxygen atoms in total. The van der Waals surface area contributed by atoms with Gasteiger partial charge in [0, 0.05) is 7.11 Å². The van der Waals surface area contributed by atoms with Crippen LogP contribution in [-0.2, 0) is 11.3 Å². The molecular weight excluding hydrogens is 284 g/mol. The van der Waals surface area contributed by atoms with Gasteiger partial charge in [0.15, 0.2) is 0 Å². The minimum absolute atomic E-state index is 0.431. The van der Waals surface area contributed by atoms with Crippen LogP contribution in [0, 0.1) is 0 Å². The van der Waals surface area contributed by atoms with Gasteiger partial charge in [0.05, 0.1) is 29.5 Å². The minimum Gasteiger partial charge on any atom is -0.383 e. The molecule has 1 rings (SSSR count). The first-order valence-corrected chi connectivity index (χ1v) is 5.56. The Balaban J connectivity index is 2.94. The van der Waals surface area contributed by atoms with Crippen LogP contribution in [0.1, 0.15) is 11.7 Å². The van der Waals surface area contributed by atoms with Crippen LogP contribution >= 0.6 is 15.9 Å². The highest BCUT2D eigenvalue weighted by Crippen LogP contribution is 2.27. The zero-order valence-electron chi connectivity index (χ0n) is 9.08. The smallest absolute Gasteiger partial charge is 0.259 e. The fourth-order valence-electron chi connectivity index (χ4n) is 1.42. The lowest BCUT2D eigenvalue weighted by Gasteiger charge is -2.17. The van der Waals surface area contributed by atoms with E-state index in [1.54, 1.807) is 7.11 Å². The van der Waals surface area contributed by atoms with E-state index in [0.29, 0.717) is 23.3 Å². The molecule has 16 heavy (non-hydrogen) atoms. The molecular formula is C9H14BrF2N3O. The zero-order chi connectivity index (χ0) is 12.1. The summed E-state index contributed by atoms with van der Waals surface area (Å²) < 4.78 is 32.6. The van der Waals surface area contributed by atoms with E-state index in [1.807, 2.05) is 0 Å². The number of nitrogens with zero attached hydrogens (tertiary/aromatic N) is 2. The summed E-state index contributed by atoms with van der Waals surface area (Å²) in [5.74, 6) is 0. The molecule has 1 unspecified atom stereocenters. The highest BCUT2D eigenvalue weighted by Gasteiger charge is 2.26. The Morgan fingerprint density at radius 1 is 1.62 bits per heavy atom. The monoisotopic (exact) mass is 297 g/mol. The molecule has 1 aromatic rings. The van der Waals surface area contributed by atoms with Crippen molar-refractivity contribution in [2.45, 2.75) is 19.0 Å². The van der Waals surface area contributed by atoms with Gasteiger partial charge in [-0.15, -0.1) is 0 Å². The Morgan fingerprint density at radius 2 is 2.31 bits per heavy atom. The van der Waals surface area contributed by atoms with Crippen molar-refractivity contribution in [3.8, 4) is 0 Å². The van der Waals surface area contributed by atoms with Crippen LogP contribution in [0.25, 0.3) is 0 Å². The molecule has 0 amide bonds. The van der Waals surface area contributed by atoms with E-state index in [2.05, 4.69) is 26.3 Å². The molecule has 0 saturated carbocycles. The third kappa shape index (κ3) is 2.99. The fraction of sp³-hybridized carbons (Fsp3) is 0.667. The molecule has 0 aliphatic heterocycles. The highest BCUT2D eigenvalue weighted by molar-refractivity contribution is 9.10. The number of halogens is 3. The topological polar surface area (TPSA) is 39.1 Å². The first-order chi connectivity index (χ1) is 7.61. The van der Waals surface area contributed by atoms with Crippen molar-refractivity contribution in [1.82, 2.24) is 15.1 Å². The molecule has 0 aliphatic rings. The van der Waals surface area contributed by atoms with Gasteiger partial charge in [-0.25, -0.2) is 8.78 Å². The summed E-state index contributed by atoms with van der Waals surface area (Å²) in [5, 5.41) is 6.60. The zero-order valence-corrected chi connectivity index (χ0v) is 10.7. The van der Waals surface area contributed by atoms with E-state index in [-0.39, 0.29) is 0 Å². The van der Waals surface area contributed by atoms with Gasteiger partial charge in [0.25, 0.3) is 6.43 Å². The second-order valence-corrected chi connectivity index (χ2v) is 4.05. The van der Waals surface area contributed by atoms with Gasteiger partial charge < -0.3 is 10.1 Å². The average molecular weight is 298 g/mol. The predicted molar refractivity (Wildman–Crippen MR) is 59.6 cm³/mol. The van der Waals surface area contributed by atoms with E-state index in [4.69, 9.17) is 4.74 Å². The van der Waals surface area contributed by atoms with Gasteiger partial charge in [0.1, 0.15) is 6.04 Å². The Labute approximate surface area is 101 Å². The second kappa shape index (κ2) is 6.27. The number of ether oxygens (including phenoxy) is 1. The standard InChI is InChI=1S/C9H14BrF2N3O/c1-13-7(9(11)12)8-6(10)5-14-15(8)3-4-16-2/h5,7,9,13H,3-4H2,1-2H3. The van der Waals surface area contributed by atoms with Gasteiger partial charge >= 0.3 is 0 Å². The summed E-state index contributed by atoms with van der Waals surface area (Å²) >= 11 is 3.22. The second-order valence-electron chi connectivity index (χ2n) is 3.19. The van der Waals surface area contributed by atoms with E-state index >= 15 is 0 Å². The number of alkyl halides is 2. The van der Waals surface area contributed by atoms with Crippen LogP contribution in [-0.4, -0.2) is 37.0 Å². The first kappa shape index (κ1) is 13.5. The number of hydrogen-bond donors (Lipinski definition) is 1. The molecule has 1 heterocycles. The van der Waals surface area contributed by atoms with E-state index in [1.165, 1.54) is 17.9 Å². The molecule has 0 aliphatic carbocycles. The van der Waals surface area contributed by atoms with E-state index in [9.17, 15) is 8.78 Å². The van der Waals surface area contributed by atoms with Crippen molar-refractivity contribution in [3.05, 3.63) is 16.4 Å². The van der Waals surface area contributed by atoms with Crippen LogP contribution in [0.15, 0.2) is 10.7 Å². The normalized spacial score (nSPS) is 13.4. The Hall–Kier alpha value is -0.530. The molecule has 1 aromatic heterocycles. The highest BCUT2D eigenvalue weighted by atomic mass is 79.9. The molecule has 1 atom stereocenters. The quantitative estimate of drug-likeness (QED) is 0.870. The molecule has 92 valence electrons. The largest absolute Gasteiger partial charge is 0.383 e. The SMILES string of the molecule is CNC(c1c(Br)cnn1CCOC)C(F)F. The maximum absolute atomic E-state index is 12.8. The number of hydrogen-bond acceptors (Lipinski definition) is 3. The number of aromatic nitrogens is 2. The Kier molecular flexibility index (Phi) is 5.30. The third-order valence-electron chi connectivity index (χ3n) is 2.20.